The van der Waals surface area contributed by atoms with Gasteiger partial charge in [0.25, 0.3) is 0 Å². The van der Waals surface area contributed by atoms with Crippen molar-refractivity contribution in [2.24, 2.45) is 0 Å². The lowest BCUT2D eigenvalue weighted by atomic mass is 10.0. The molecule has 1 rings (SSSR count). The van der Waals surface area contributed by atoms with Gasteiger partial charge in [-0.05, 0) is 23.6 Å². The zero-order chi connectivity index (χ0) is 12.3. The Morgan fingerprint density at radius 1 is 1.19 bits per heavy atom. The predicted molar refractivity (Wildman–Crippen MR) is 59.5 cm³/mol. The zero-order valence-corrected chi connectivity index (χ0v) is 10.2. The lowest BCUT2D eigenvalue weighted by Crippen LogP contribution is -2.10. The van der Waals surface area contributed by atoms with Crippen molar-refractivity contribution in [3.8, 4) is 0 Å². The standard InChI is InChI=1S/C11H14O4S/c1-8(2)10-4-6-11(7-5-10)16(13,14)15-9(3)12/h4-8H,1-3H3. The van der Waals surface area contributed by atoms with Crippen LogP contribution in [-0.4, -0.2) is 14.4 Å². The summed E-state index contributed by atoms with van der Waals surface area (Å²) in [6, 6.07) is 6.29. The van der Waals surface area contributed by atoms with Crippen LogP contribution in [0.4, 0.5) is 0 Å². The van der Waals surface area contributed by atoms with E-state index in [2.05, 4.69) is 4.18 Å². The minimum absolute atomic E-state index is 0.00731. The van der Waals surface area contributed by atoms with Gasteiger partial charge >= 0.3 is 16.1 Å². The monoisotopic (exact) mass is 242 g/mol. The molecule has 0 N–H and O–H groups in total. The maximum absolute atomic E-state index is 11.5. The summed E-state index contributed by atoms with van der Waals surface area (Å²) in [4.78, 5) is 10.6. The maximum Gasteiger partial charge on any atom is 0.341 e. The Hall–Kier alpha value is -1.36. The molecular weight excluding hydrogens is 228 g/mol. The molecule has 0 fully saturated rings. The zero-order valence-electron chi connectivity index (χ0n) is 9.43. The lowest BCUT2D eigenvalue weighted by Gasteiger charge is -2.07. The second kappa shape index (κ2) is 4.65. The Kier molecular flexibility index (Phi) is 3.70. The quantitative estimate of drug-likeness (QED) is 0.761. The smallest absolute Gasteiger partial charge is 0.341 e. The van der Waals surface area contributed by atoms with E-state index < -0.39 is 16.1 Å². The summed E-state index contributed by atoms with van der Waals surface area (Å²) >= 11 is 0. The molecule has 0 saturated heterocycles. The Morgan fingerprint density at radius 3 is 2.06 bits per heavy atom. The van der Waals surface area contributed by atoms with Gasteiger partial charge in [-0.2, -0.15) is 8.42 Å². The molecule has 0 bridgehead atoms. The van der Waals surface area contributed by atoms with Crippen LogP contribution in [0.25, 0.3) is 0 Å². The summed E-state index contributed by atoms with van der Waals surface area (Å²) in [5, 5.41) is 0. The van der Waals surface area contributed by atoms with Crippen molar-refractivity contribution in [2.75, 3.05) is 0 Å². The van der Waals surface area contributed by atoms with Crippen LogP contribution in [0, 0.1) is 0 Å². The third kappa shape index (κ3) is 3.06. The highest BCUT2D eigenvalue weighted by Gasteiger charge is 2.17. The van der Waals surface area contributed by atoms with Gasteiger partial charge in [-0.3, -0.25) is 4.79 Å². The summed E-state index contributed by atoms with van der Waals surface area (Å²) in [6.45, 7) is 5.07. The highest BCUT2D eigenvalue weighted by molar-refractivity contribution is 7.87. The van der Waals surface area contributed by atoms with E-state index in [9.17, 15) is 13.2 Å². The van der Waals surface area contributed by atoms with Crippen molar-refractivity contribution in [1.29, 1.82) is 0 Å². The van der Waals surface area contributed by atoms with Gasteiger partial charge in [0.1, 0.15) is 4.90 Å². The molecule has 0 aliphatic heterocycles. The van der Waals surface area contributed by atoms with Gasteiger partial charge in [0.05, 0.1) is 0 Å². The van der Waals surface area contributed by atoms with Crippen LogP contribution in [0.15, 0.2) is 29.2 Å². The van der Waals surface area contributed by atoms with Crippen LogP contribution in [0.3, 0.4) is 0 Å². The van der Waals surface area contributed by atoms with E-state index in [1.165, 1.54) is 12.1 Å². The lowest BCUT2D eigenvalue weighted by molar-refractivity contribution is -0.131. The number of carbonyl (C=O) groups excluding carboxylic acids is 1. The molecule has 0 unspecified atom stereocenters. The van der Waals surface area contributed by atoms with Gasteiger partial charge in [0.2, 0.25) is 0 Å². The molecule has 0 spiro atoms. The Labute approximate surface area is 95.4 Å². The third-order valence-corrected chi connectivity index (χ3v) is 3.37. The fourth-order valence-corrected chi connectivity index (χ4v) is 2.10. The second-order valence-electron chi connectivity index (χ2n) is 3.75. The van der Waals surface area contributed by atoms with Gasteiger partial charge < -0.3 is 4.18 Å². The molecule has 1 aromatic rings. The molecule has 88 valence electrons. The number of hydrogen-bond acceptors (Lipinski definition) is 4. The molecule has 0 aliphatic rings. The number of carbonyl (C=O) groups is 1. The highest BCUT2D eigenvalue weighted by Crippen LogP contribution is 2.18. The summed E-state index contributed by atoms with van der Waals surface area (Å²) in [7, 11) is -3.95. The maximum atomic E-state index is 11.5. The van der Waals surface area contributed by atoms with Crippen LogP contribution in [0.5, 0.6) is 0 Å². The van der Waals surface area contributed by atoms with Crippen LogP contribution >= 0.6 is 0 Å². The van der Waals surface area contributed by atoms with Crippen molar-refractivity contribution in [3.63, 3.8) is 0 Å². The summed E-state index contributed by atoms with van der Waals surface area (Å²) in [5.74, 6) is -0.515. The summed E-state index contributed by atoms with van der Waals surface area (Å²) in [5.41, 5.74) is 1.03. The number of benzene rings is 1. The van der Waals surface area contributed by atoms with Crippen LogP contribution < -0.4 is 0 Å². The largest absolute Gasteiger partial charge is 0.343 e. The van der Waals surface area contributed by atoms with E-state index >= 15 is 0 Å². The molecular formula is C11H14O4S. The van der Waals surface area contributed by atoms with E-state index in [0.29, 0.717) is 5.92 Å². The first-order chi connectivity index (χ1) is 7.33. The van der Waals surface area contributed by atoms with Crippen molar-refractivity contribution in [2.45, 2.75) is 31.6 Å². The molecule has 5 heteroatoms. The average molecular weight is 242 g/mol. The van der Waals surface area contributed by atoms with E-state index in [1.807, 2.05) is 13.8 Å². The molecule has 0 heterocycles. The molecule has 0 aromatic heterocycles. The molecule has 1 aromatic carbocycles. The first kappa shape index (κ1) is 12.7. The van der Waals surface area contributed by atoms with Gasteiger partial charge in [0, 0.05) is 6.92 Å². The normalized spacial score (nSPS) is 11.5. The SMILES string of the molecule is CC(=O)OS(=O)(=O)c1ccc(C(C)C)cc1. The molecule has 0 aliphatic carbocycles. The van der Waals surface area contributed by atoms with Crippen molar-refractivity contribution >= 4 is 16.1 Å². The van der Waals surface area contributed by atoms with Crippen LogP contribution in [-0.2, 0) is 19.1 Å². The second-order valence-corrected chi connectivity index (χ2v) is 5.30. The molecule has 4 nitrogen and oxygen atoms in total. The van der Waals surface area contributed by atoms with Crippen LogP contribution in [0.1, 0.15) is 32.3 Å². The molecule has 0 amide bonds. The predicted octanol–water partition coefficient (Wildman–Crippen LogP) is 2.06. The summed E-state index contributed by atoms with van der Waals surface area (Å²) < 4.78 is 27.2. The van der Waals surface area contributed by atoms with Gasteiger partial charge in [-0.25, -0.2) is 0 Å². The Bertz CT molecular complexity index is 471. The van der Waals surface area contributed by atoms with Gasteiger partial charge in [-0.1, -0.05) is 26.0 Å². The molecule has 0 radical (unpaired) electrons. The fraction of sp³-hybridized carbons (Fsp3) is 0.364. The highest BCUT2D eigenvalue weighted by atomic mass is 32.2. The summed E-state index contributed by atoms with van der Waals surface area (Å²) in [6.07, 6.45) is 0. The fourth-order valence-electron chi connectivity index (χ4n) is 1.22. The first-order valence-corrected chi connectivity index (χ1v) is 6.29. The topological polar surface area (TPSA) is 60.4 Å². The minimum Gasteiger partial charge on any atom is -0.343 e. The van der Waals surface area contributed by atoms with Crippen molar-refractivity contribution in [1.82, 2.24) is 0 Å². The van der Waals surface area contributed by atoms with Crippen molar-refractivity contribution < 1.29 is 17.4 Å². The molecule has 0 saturated carbocycles. The van der Waals surface area contributed by atoms with Gasteiger partial charge in [0.15, 0.2) is 0 Å². The molecule has 16 heavy (non-hydrogen) atoms. The van der Waals surface area contributed by atoms with E-state index in [-0.39, 0.29) is 4.90 Å². The number of hydrogen-bond donors (Lipinski definition) is 0. The van der Waals surface area contributed by atoms with Gasteiger partial charge in [-0.15, -0.1) is 0 Å². The van der Waals surface area contributed by atoms with Crippen LogP contribution in [0.2, 0.25) is 0 Å². The Morgan fingerprint density at radius 2 is 1.69 bits per heavy atom. The number of rotatable bonds is 3. The van der Waals surface area contributed by atoms with Crippen molar-refractivity contribution in [3.05, 3.63) is 29.8 Å². The average Bonchev–Trinajstić information content (AvgIpc) is 2.16. The molecule has 0 atom stereocenters. The minimum atomic E-state index is -3.95. The van der Waals surface area contributed by atoms with E-state index in [0.717, 1.165) is 12.5 Å². The third-order valence-electron chi connectivity index (χ3n) is 2.06. The van der Waals surface area contributed by atoms with E-state index in [4.69, 9.17) is 0 Å². The Balaban J connectivity index is 3.02. The first-order valence-electron chi connectivity index (χ1n) is 4.88. The van der Waals surface area contributed by atoms with E-state index in [1.54, 1.807) is 12.1 Å².